The zero-order valence-electron chi connectivity index (χ0n) is 6.14. The van der Waals surface area contributed by atoms with Crippen LogP contribution in [0.15, 0.2) is 16.6 Å². The summed E-state index contributed by atoms with van der Waals surface area (Å²) in [5, 5.41) is 0. The van der Waals surface area contributed by atoms with Crippen molar-refractivity contribution in [2.24, 2.45) is 0 Å². The molecule has 1 heterocycles. The minimum absolute atomic E-state index is 0.280. The molecule has 0 spiro atoms. The topological polar surface area (TPSA) is 18.5 Å². The molecule has 1 aliphatic rings. The third-order valence-corrected chi connectivity index (χ3v) is 2.61. The molecular formula is C8H6BrClO2. The predicted octanol–water partition coefficient (Wildman–Crippen LogP) is 2.92. The maximum atomic E-state index is 5.71. The smallest absolute Gasteiger partial charge is 0.231 e. The van der Waals surface area contributed by atoms with Crippen molar-refractivity contribution in [1.29, 1.82) is 0 Å². The Labute approximate surface area is 83.6 Å². The largest absolute Gasteiger partial charge is 0.453 e. The Bertz CT molecular complexity index is 314. The molecule has 0 aliphatic carbocycles. The van der Waals surface area contributed by atoms with Crippen LogP contribution in [0.25, 0.3) is 0 Å². The van der Waals surface area contributed by atoms with E-state index in [0.29, 0.717) is 5.88 Å². The summed E-state index contributed by atoms with van der Waals surface area (Å²) in [5.74, 6) is 1.96. The number of benzene rings is 1. The van der Waals surface area contributed by atoms with Gasteiger partial charge in [-0.25, -0.2) is 0 Å². The molecule has 0 unspecified atom stereocenters. The third-order valence-electron chi connectivity index (χ3n) is 1.70. The minimum atomic E-state index is 0.280. The normalized spacial score (nSPS) is 13.5. The molecule has 0 N–H and O–H groups in total. The zero-order chi connectivity index (χ0) is 8.55. The average Bonchev–Trinajstić information content (AvgIpc) is 2.54. The van der Waals surface area contributed by atoms with Crippen LogP contribution in [-0.2, 0) is 5.88 Å². The summed E-state index contributed by atoms with van der Waals surface area (Å²) < 4.78 is 11.4. The Morgan fingerprint density at radius 1 is 1.33 bits per heavy atom. The van der Waals surface area contributed by atoms with E-state index in [0.717, 1.165) is 21.5 Å². The van der Waals surface area contributed by atoms with Crippen molar-refractivity contribution in [3.05, 3.63) is 22.2 Å². The van der Waals surface area contributed by atoms with E-state index in [1.165, 1.54) is 0 Å². The minimum Gasteiger partial charge on any atom is -0.453 e. The lowest BCUT2D eigenvalue weighted by molar-refractivity contribution is 0.173. The molecule has 0 bridgehead atoms. The quantitative estimate of drug-likeness (QED) is 0.713. The summed E-state index contributed by atoms with van der Waals surface area (Å²) in [6.45, 7) is 0.280. The van der Waals surface area contributed by atoms with Crippen molar-refractivity contribution < 1.29 is 9.47 Å². The zero-order valence-corrected chi connectivity index (χ0v) is 8.48. The van der Waals surface area contributed by atoms with Crippen LogP contribution in [0.2, 0.25) is 0 Å². The molecule has 0 saturated heterocycles. The average molecular weight is 249 g/mol. The molecule has 0 atom stereocenters. The van der Waals surface area contributed by atoms with Gasteiger partial charge in [-0.2, -0.15) is 0 Å². The molecule has 1 aromatic carbocycles. The van der Waals surface area contributed by atoms with Gasteiger partial charge in [0.25, 0.3) is 0 Å². The van der Waals surface area contributed by atoms with E-state index in [4.69, 9.17) is 21.1 Å². The van der Waals surface area contributed by atoms with Gasteiger partial charge in [0, 0.05) is 5.56 Å². The Balaban J connectivity index is 2.57. The lowest BCUT2D eigenvalue weighted by Gasteiger charge is -2.02. The maximum absolute atomic E-state index is 5.71. The Kier molecular flexibility index (Phi) is 2.15. The molecule has 0 fully saturated rings. The highest BCUT2D eigenvalue weighted by Crippen LogP contribution is 2.41. The van der Waals surface area contributed by atoms with Crippen LogP contribution in [0.1, 0.15) is 5.56 Å². The van der Waals surface area contributed by atoms with E-state index in [-0.39, 0.29) is 6.79 Å². The first-order valence-electron chi connectivity index (χ1n) is 3.46. The second-order valence-corrected chi connectivity index (χ2v) is 3.53. The molecule has 1 aromatic rings. The summed E-state index contributed by atoms with van der Waals surface area (Å²) in [7, 11) is 0. The number of hydrogen-bond acceptors (Lipinski definition) is 2. The summed E-state index contributed by atoms with van der Waals surface area (Å²) in [6.07, 6.45) is 0. The molecule has 0 aromatic heterocycles. The van der Waals surface area contributed by atoms with Crippen molar-refractivity contribution in [3.63, 3.8) is 0 Å². The van der Waals surface area contributed by atoms with Crippen LogP contribution >= 0.6 is 27.5 Å². The molecular weight excluding hydrogens is 243 g/mol. The molecule has 0 saturated carbocycles. The van der Waals surface area contributed by atoms with Crippen molar-refractivity contribution in [1.82, 2.24) is 0 Å². The number of rotatable bonds is 1. The van der Waals surface area contributed by atoms with E-state index >= 15 is 0 Å². The van der Waals surface area contributed by atoms with Gasteiger partial charge in [0.2, 0.25) is 6.79 Å². The van der Waals surface area contributed by atoms with E-state index in [2.05, 4.69) is 15.9 Å². The molecule has 2 rings (SSSR count). The van der Waals surface area contributed by atoms with Crippen molar-refractivity contribution in [2.75, 3.05) is 6.79 Å². The molecule has 2 nitrogen and oxygen atoms in total. The lowest BCUT2D eigenvalue weighted by Crippen LogP contribution is -1.93. The lowest BCUT2D eigenvalue weighted by atomic mass is 10.2. The number of ether oxygens (including phenoxy) is 2. The monoisotopic (exact) mass is 248 g/mol. The van der Waals surface area contributed by atoms with Gasteiger partial charge < -0.3 is 9.47 Å². The van der Waals surface area contributed by atoms with E-state index < -0.39 is 0 Å². The van der Waals surface area contributed by atoms with Crippen LogP contribution in [0.3, 0.4) is 0 Å². The highest BCUT2D eigenvalue weighted by Gasteiger charge is 2.19. The first kappa shape index (κ1) is 8.20. The second-order valence-electron chi connectivity index (χ2n) is 2.40. The number of alkyl halides is 1. The highest BCUT2D eigenvalue weighted by molar-refractivity contribution is 9.10. The first-order valence-corrected chi connectivity index (χ1v) is 4.78. The van der Waals surface area contributed by atoms with Gasteiger partial charge in [-0.3, -0.25) is 0 Å². The van der Waals surface area contributed by atoms with Crippen molar-refractivity contribution in [3.8, 4) is 11.5 Å². The summed E-state index contributed by atoms with van der Waals surface area (Å²) in [5.41, 5.74) is 0.965. The van der Waals surface area contributed by atoms with Crippen LogP contribution in [0, 0.1) is 0 Å². The van der Waals surface area contributed by atoms with Crippen LogP contribution in [0.5, 0.6) is 11.5 Å². The van der Waals surface area contributed by atoms with Crippen molar-refractivity contribution >= 4 is 27.5 Å². The van der Waals surface area contributed by atoms with E-state index in [1.54, 1.807) is 0 Å². The van der Waals surface area contributed by atoms with Gasteiger partial charge in [0.05, 0.1) is 10.4 Å². The maximum Gasteiger partial charge on any atom is 0.231 e. The molecule has 0 radical (unpaired) electrons. The van der Waals surface area contributed by atoms with Gasteiger partial charge >= 0.3 is 0 Å². The van der Waals surface area contributed by atoms with Gasteiger partial charge in [0.15, 0.2) is 11.5 Å². The van der Waals surface area contributed by atoms with E-state index in [1.807, 2.05) is 12.1 Å². The SMILES string of the molecule is ClCc1ccc(Br)c2c1OCO2. The van der Waals surface area contributed by atoms with Gasteiger partial charge in [-0.15, -0.1) is 11.6 Å². The molecule has 64 valence electrons. The Morgan fingerprint density at radius 3 is 2.83 bits per heavy atom. The fourth-order valence-corrected chi connectivity index (χ4v) is 1.76. The Morgan fingerprint density at radius 2 is 2.08 bits per heavy atom. The highest BCUT2D eigenvalue weighted by atomic mass is 79.9. The molecule has 1 aliphatic heterocycles. The molecule has 12 heavy (non-hydrogen) atoms. The standard InChI is InChI=1S/C8H6BrClO2/c9-6-2-1-5(3-10)7-8(6)12-4-11-7/h1-2H,3-4H2. The second kappa shape index (κ2) is 3.15. The number of hydrogen-bond donors (Lipinski definition) is 0. The number of fused-ring (bicyclic) bond motifs is 1. The molecule has 0 amide bonds. The predicted molar refractivity (Wildman–Crippen MR) is 49.8 cm³/mol. The summed E-state index contributed by atoms with van der Waals surface area (Å²) in [6, 6.07) is 3.83. The summed E-state index contributed by atoms with van der Waals surface area (Å²) >= 11 is 9.07. The fraction of sp³-hybridized carbons (Fsp3) is 0.250. The number of halogens is 2. The van der Waals surface area contributed by atoms with Gasteiger partial charge in [0.1, 0.15) is 0 Å². The first-order chi connectivity index (χ1) is 5.83. The van der Waals surface area contributed by atoms with Crippen LogP contribution in [0.4, 0.5) is 0 Å². The third kappa shape index (κ3) is 1.17. The fourth-order valence-electron chi connectivity index (χ4n) is 1.12. The Hall–Kier alpha value is -0.410. The van der Waals surface area contributed by atoms with E-state index in [9.17, 15) is 0 Å². The molecule has 4 heteroatoms. The van der Waals surface area contributed by atoms with Crippen LogP contribution in [-0.4, -0.2) is 6.79 Å². The van der Waals surface area contributed by atoms with Gasteiger partial charge in [-0.05, 0) is 22.0 Å². The van der Waals surface area contributed by atoms with Gasteiger partial charge in [-0.1, -0.05) is 6.07 Å². The van der Waals surface area contributed by atoms with Crippen molar-refractivity contribution in [2.45, 2.75) is 5.88 Å². The van der Waals surface area contributed by atoms with Crippen LogP contribution < -0.4 is 9.47 Å². The summed E-state index contributed by atoms with van der Waals surface area (Å²) in [4.78, 5) is 0.